The van der Waals surface area contributed by atoms with Gasteiger partial charge in [0.1, 0.15) is 0 Å². The van der Waals surface area contributed by atoms with E-state index in [0.717, 1.165) is 32.6 Å². The third-order valence-corrected chi connectivity index (χ3v) is 5.83. The van der Waals surface area contributed by atoms with Crippen LogP contribution in [-0.2, 0) is 14.3 Å². The highest BCUT2D eigenvalue weighted by molar-refractivity contribution is 5.81. The second-order valence-corrected chi connectivity index (χ2v) is 7.38. The highest BCUT2D eigenvalue weighted by atomic mass is 16.5. The molecular formula is C18H31N3O3. The first-order chi connectivity index (χ1) is 11.6. The Morgan fingerprint density at radius 3 is 2.21 bits per heavy atom. The molecular weight excluding hydrogens is 306 g/mol. The predicted molar refractivity (Wildman–Crippen MR) is 91.6 cm³/mol. The van der Waals surface area contributed by atoms with Gasteiger partial charge in [-0.3, -0.25) is 14.5 Å². The molecule has 0 radical (unpaired) electrons. The first-order valence-corrected chi connectivity index (χ1v) is 9.53. The normalized spacial score (nSPS) is 25.0. The van der Waals surface area contributed by atoms with E-state index in [-0.39, 0.29) is 11.9 Å². The summed E-state index contributed by atoms with van der Waals surface area (Å²) in [6.45, 7) is 7.78. The van der Waals surface area contributed by atoms with Crippen molar-refractivity contribution >= 4 is 11.8 Å². The molecule has 136 valence electrons. The van der Waals surface area contributed by atoms with Gasteiger partial charge in [-0.15, -0.1) is 0 Å². The molecule has 0 spiro atoms. The van der Waals surface area contributed by atoms with Crippen molar-refractivity contribution in [1.82, 2.24) is 14.7 Å². The third-order valence-electron chi connectivity index (χ3n) is 5.83. The molecule has 1 unspecified atom stereocenters. The molecule has 0 aromatic rings. The smallest absolute Gasteiger partial charge is 0.239 e. The lowest BCUT2D eigenvalue weighted by molar-refractivity contribution is -0.142. The number of amides is 2. The molecule has 0 aromatic carbocycles. The zero-order valence-corrected chi connectivity index (χ0v) is 14.9. The molecule has 24 heavy (non-hydrogen) atoms. The van der Waals surface area contributed by atoms with Crippen LogP contribution in [0.25, 0.3) is 0 Å². The first-order valence-electron chi connectivity index (χ1n) is 9.53. The second-order valence-electron chi connectivity index (χ2n) is 7.38. The van der Waals surface area contributed by atoms with Crippen LogP contribution in [0.2, 0.25) is 0 Å². The molecule has 6 nitrogen and oxygen atoms in total. The largest absolute Gasteiger partial charge is 0.378 e. The van der Waals surface area contributed by atoms with Crippen LogP contribution in [0.4, 0.5) is 0 Å². The average molecular weight is 337 g/mol. The van der Waals surface area contributed by atoms with Gasteiger partial charge in [0.15, 0.2) is 0 Å². The number of nitrogens with zero attached hydrogens (tertiary/aromatic N) is 3. The fourth-order valence-electron chi connectivity index (χ4n) is 4.15. The Bertz CT molecular complexity index is 437. The number of ether oxygens (including phenoxy) is 1. The van der Waals surface area contributed by atoms with Crippen molar-refractivity contribution in [1.29, 1.82) is 0 Å². The summed E-state index contributed by atoms with van der Waals surface area (Å²) in [5.41, 5.74) is 0. The van der Waals surface area contributed by atoms with E-state index in [1.54, 1.807) is 0 Å². The van der Waals surface area contributed by atoms with E-state index in [1.165, 1.54) is 25.7 Å². The van der Waals surface area contributed by atoms with Gasteiger partial charge in [0.05, 0.1) is 19.3 Å². The Balaban J connectivity index is 1.43. The molecule has 1 aliphatic carbocycles. The topological polar surface area (TPSA) is 53.1 Å². The van der Waals surface area contributed by atoms with Crippen molar-refractivity contribution in [3.05, 3.63) is 0 Å². The molecule has 3 aliphatic rings. The third kappa shape index (κ3) is 4.28. The minimum Gasteiger partial charge on any atom is -0.378 e. The van der Waals surface area contributed by atoms with Crippen LogP contribution >= 0.6 is 0 Å². The van der Waals surface area contributed by atoms with Gasteiger partial charge in [0.2, 0.25) is 11.8 Å². The number of hydrogen-bond donors (Lipinski definition) is 0. The average Bonchev–Trinajstić information content (AvgIpc) is 3.14. The van der Waals surface area contributed by atoms with E-state index in [0.29, 0.717) is 38.1 Å². The number of rotatable bonds is 4. The van der Waals surface area contributed by atoms with E-state index < -0.39 is 0 Å². The van der Waals surface area contributed by atoms with Crippen LogP contribution in [0.15, 0.2) is 0 Å². The van der Waals surface area contributed by atoms with Gasteiger partial charge in [-0.25, -0.2) is 0 Å². The lowest BCUT2D eigenvalue weighted by Gasteiger charge is -2.39. The highest BCUT2D eigenvalue weighted by Gasteiger charge is 2.31. The maximum absolute atomic E-state index is 12.6. The molecule has 2 aliphatic heterocycles. The maximum Gasteiger partial charge on any atom is 0.239 e. The van der Waals surface area contributed by atoms with Gasteiger partial charge in [-0.05, 0) is 25.7 Å². The molecule has 3 rings (SSSR count). The molecule has 1 atom stereocenters. The summed E-state index contributed by atoms with van der Waals surface area (Å²) >= 11 is 0. The Hall–Kier alpha value is -1.14. The first kappa shape index (κ1) is 17.7. The van der Waals surface area contributed by atoms with Crippen LogP contribution in [0, 0.1) is 5.92 Å². The van der Waals surface area contributed by atoms with E-state index >= 15 is 0 Å². The van der Waals surface area contributed by atoms with Crippen molar-refractivity contribution in [2.75, 3.05) is 52.5 Å². The van der Waals surface area contributed by atoms with Crippen molar-refractivity contribution in [2.45, 2.75) is 45.1 Å². The van der Waals surface area contributed by atoms with E-state index in [9.17, 15) is 9.59 Å². The fourth-order valence-corrected chi connectivity index (χ4v) is 4.15. The summed E-state index contributed by atoms with van der Waals surface area (Å²) in [6, 6.07) is -0.102. The Kier molecular flexibility index (Phi) is 6.11. The van der Waals surface area contributed by atoms with Crippen LogP contribution in [-0.4, -0.2) is 85.0 Å². The Morgan fingerprint density at radius 1 is 0.958 bits per heavy atom. The number of carbonyl (C=O) groups is 2. The molecule has 2 heterocycles. The maximum atomic E-state index is 12.6. The van der Waals surface area contributed by atoms with Gasteiger partial charge in [-0.2, -0.15) is 0 Å². The SMILES string of the molecule is CC(C(=O)N1CCOCC1)N1CCN(C(=O)CC2CCCC2)CC1. The minimum absolute atomic E-state index is 0.102. The lowest BCUT2D eigenvalue weighted by Crippen LogP contribution is -2.56. The van der Waals surface area contributed by atoms with Crippen molar-refractivity contribution in [3.8, 4) is 0 Å². The minimum atomic E-state index is -0.102. The molecule has 0 N–H and O–H groups in total. The van der Waals surface area contributed by atoms with Gasteiger partial charge in [0, 0.05) is 45.7 Å². The Morgan fingerprint density at radius 2 is 1.58 bits per heavy atom. The fraction of sp³-hybridized carbons (Fsp3) is 0.889. The lowest BCUT2D eigenvalue weighted by atomic mass is 10.0. The molecule has 3 fully saturated rings. The van der Waals surface area contributed by atoms with Gasteiger partial charge >= 0.3 is 0 Å². The summed E-state index contributed by atoms with van der Waals surface area (Å²) in [5.74, 6) is 1.12. The monoisotopic (exact) mass is 337 g/mol. The second kappa shape index (κ2) is 8.30. The molecule has 0 aromatic heterocycles. The van der Waals surface area contributed by atoms with Crippen LogP contribution < -0.4 is 0 Å². The summed E-state index contributed by atoms with van der Waals surface area (Å²) in [6.07, 6.45) is 5.73. The van der Waals surface area contributed by atoms with Gasteiger partial charge < -0.3 is 14.5 Å². The number of carbonyl (C=O) groups excluding carboxylic acids is 2. The van der Waals surface area contributed by atoms with Gasteiger partial charge in [0.25, 0.3) is 0 Å². The summed E-state index contributed by atoms with van der Waals surface area (Å²) < 4.78 is 5.32. The zero-order valence-electron chi connectivity index (χ0n) is 14.9. The quantitative estimate of drug-likeness (QED) is 0.767. The van der Waals surface area contributed by atoms with Crippen molar-refractivity contribution in [3.63, 3.8) is 0 Å². The number of piperazine rings is 1. The predicted octanol–water partition coefficient (Wildman–Crippen LogP) is 0.958. The molecule has 2 saturated heterocycles. The van der Waals surface area contributed by atoms with E-state index in [2.05, 4.69) is 4.90 Å². The summed E-state index contributed by atoms with van der Waals surface area (Å²) in [7, 11) is 0. The van der Waals surface area contributed by atoms with Crippen LogP contribution in [0.1, 0.15) is 39.0 Å². The highest BCUT2D eigenvalue weighted by Crippen LogP contribution is 2.28. The van der Waals surface area contributed by atoms with Crippen LogP contribution in [0.3, 0.4) is 0 Å². The number of morpholine rings is 1. The van der Waals surface area contributed by atoms with E-state index in [1.807, 2.05) is 16.7 Å². The van der Waals surface area contributed by atoms with Crippen LogP contribution in [0.5, 0.6) is 0 Å². The standard InChI is InChI=1S/C18H31N3O3/c1-15(18(23)21-10-12-24-13-11-21)19-6-8-20(9-7-19)17(22)14-16-4-2-3-5-16/h15-16H,2-14H2,1H3. The molecule has 2 amide bonds. The van der Waals surface area contributed by atoms with E-state index in [4.69, 9.17) is 4.74 Å². The summed E-state index contributed by atoms with van der Waals surface area (Å²) in [5, 5.41) is 0. The van der Waals surface area contributed by atoms with Crippen molar-refractivity contribution in [2.24, 2.45) is 5.92 Å². The molecule has 6 heteroatoms. The molecule has 0 bridgehead atoms. The Labute approximate surface area is 145 Å². The van der Waals surface area contributed by atoms with Gasteiger partial charge in [-0.1, -0.05) is 12.8 Å². The molecule has 1 saturated carbocycles. The zero-order chi connectivity index (χ0) is 16.9. The van der Waals surface area contributed by atoms with Crippen molar-refractivity contribution < 1.29 is 14.3 Å². The summed E-state index contributed by atoms with van der Waals surface area (Å²) in [4.78, 5) is 31.1. The number of hydrogen-bond acceptors (Lipinski definition) is 4.